The van der Waals surface area contributed by atoms with Gasteiger partial charge in [0.2, 0.25) is 0 Å². The van der Waals surface area contributed by atoms with Crippen LogP contribution in [0.15, 0.2) is 16.5 Å². The predicted molar refractivity (Wildman–Crippen MR) is 77.6 cm³/mol. The molecule has 0 saturated heterocycles. The number of furan rings is 1. The topological polar surface area (TPSA) is 51.2 Å². The van der Waals surface area contributed by atoms with E-state index in [1.165, 1.54) is 32.1 Å². The Labute approximate surface area is 114 Å². The van der Waals surface area contributed by atoms with Gasteiger partial charge in [-0.25, -0.2) is 0 Å². The second-order valence-electron chi connectivity index (χ2n) is 4.93. The van der Waals surface area contributed by atoms with Gasteiger partial charge in [-0.1, -0.05) is 19.3 Å². The summed E-state index contributed by atoms with van der Waals surface area (Å²) >= 11 is 1.83. The van der Waals surface area contributed by atoms with Crippen molar-refractivity contribution in [3.05, 3.63) is 23.7 Å². The summed E-state index contributed by atoms with van der Waals surface area (Å²) in [6.45, 7) is 1.60. The van der Waals surface area contributed by atoms with Gasteiger partial charge in [-0.05, 0) is 25.0 Å². The van der Waals surface area contributed by atoms with Crippen molar-refractivity contribution in [2.75, 3.05) is 12.3 Å². The van der Waals surface area contributed by atoms with E-state index in [0.717, 1.165) is 36.1 Å². The number of thioether (sulfide) groups is 1. The summed E-state index contributed by atoms with van der Waals surface area (Å²) in [6.07, 6.45) is 6.79. The molecule has 1 aliphatic rings. The van der Waals surface area contributed by atoms with Gasteiger partial charge >= 0.3 is 0 Å². The first kappa shape index (κ1) is 14.0. The zero-order chi connectivity index (χ0) is 12.6. The third-order valence-corrected chi connectivity index (χ3v) is 4.41. The van der Waals surface area contributed by atoms with E-state index in [1.54, 1.807) is 0 Å². The van der Waals surface area contributed by atoms with Gasteiger partial charge in [0.25, 0.3) is 0 Å². The smallest absolute Gasteiger partial charge is 0.118 e. The lowest BCUT2D eigenvalue weighted by Gasteiger charge is -2.22. The maximum absolute atomic E-state index is 5.80. The van der Waals surface area contributed by atoms with E-state index in [1.807, 2.05) is 11.8 Å². The molecule has 0 aromatic carbocycles. The molecule has 3 nitrogen and oxygen atoms in total. The minimum atomic E-state index is 0.693. The molecule has 0 unspecified atom stereocenters. The van der Waals surface area contributed by atoms with Crippen LogP contribution in [0, 0.1) is 0 Å². The van der Waals surface area contributed by atoms with Crippen LogP contribution in [0.4, 0.5) is 0 Å². The molecule has 0 amide bonds. The highest BCUT2D eigenvalue weighted by Gasteiger charge is 2.13. The van der Waals surface area contributed by atoms with Gasteiger partial charge in [-0.2, -0.15) is 11.8 Å². The molecule has 3 N–H and O–H groups in total. The Balaban J connectivity index is 1.69. The van der Waals surface area contributed by atoms with Crippen LogP contribution in [0.2, 0.25) is 0 Å². The van der Waals surface area contributed by atoms with E-state index in [4.69, 9.17) is 10.2 Å². The molecular weight excluding hydrogens is 244 g/mol. The van der Waals surface area contributed by atoms with Crippen LogP contribution in [0.5, 0.6) is 0 Å². The normalized spacial score (nSPS) is 17.2. The number of hydrogen-bond acceptors (Lipinski definition) is 4. The number of rotatable bonds is 7. The highest BCUT2D eigenvalue weighted by Crippen LogP contribution is 2.19. The van der Waals surface area contributed by atoms with Crippen molar-refractivity contribution >= 4 is 11.8 Å². The van der Waals surface area contributed by atoms with Crippen molar-refractivity contribution in [2.24, 2.45) is 5.73 Å². The molecule has 0 atom stereocenters. The van der Waals surface area contributed by atoms with Gasteiger partial charge in [-0.15, -0.1) is 0 Å². The van der Waals surface area contributed by atoms with Gasteiger partial charge in [0.05, 0.1) is 12.3 Å². The van der Waals surface area contributed by atoms with E-state index in [-0.39, 0.29) is 0 Å². The van der Waals surface area contributed by atoms with Crippen LogP contribution in [0.25, 0.3) is 0 Å². The second kappa shape index (κ2) is 7.87. The minimum Gasteiger partial charge on any atom is -0.464 e. The Morgan fingerprint density at radius 3 is 2.78 bits per heavy atom. The van der Waals surface area contributed by atoms with Crippen molar-refractivity contribution < 1.29 is 4.42 Å². The Kier molecular flexibility index (Phi) is 6.11. The monoisotopic (exact) mass is 268 g/mol. The van der Waals surface area contributed by atoms with E-state index in [9.17, 15) is 0 Å². The molecule has 2 rings (SSSR count). The fourth-order valence-electron chi connectivity index (χ4n) is 2.40. The average Bonchev–Trinajstić information content (AvgIpc) is 2.86. The molecule has 1 aromatic heterocycles. The maximum Gasteiger partial charge on any atom is 0.118 e. The Morgan fingerprint density at radius 1 is 1.22 bits per heavy atom. The first-order valence-electron chi connectivity index (χ1n) is 6.97. The molecule has 1 fully saturated rings. The van der Waals surface area contributed by atoms with Crippen LogP contribution in [-0.2, 0) is 12.3 Å². The van der Waals surface area contributed by atoms with Crippen molar-refractivity contribution in [3.63, 3.8) is 0 Å². The molecule has 1 aromatic rings. The van der Waals surface area contributed by atoms with Crippen LogP contribution in [0.3, 0.4) is 0 Å². The third kappa shape index (κ3) is 4.67. The van der Waals surface area contributed by atoms with Gasteiger partial charge in [0, 0.05) is 18.3 Å². The molecule has 0 radical (unpaired) electrons. The first-order chi connectivity index (χ1) is 8.88. The fraction of sp³-hybridized carbons (Fsp3) is 0.714. The van der Waals surface area contributed by atoms with Gasteiger partial charge in [0.1, 0.15) is 11.5 Å². The Hall–Kier alpha value is -0.450. The second-order valence-corrected chi connectivity index (χ2v) is 6.03. The zero-order valence-corrected chi connectivity index (χ0v) is 11.8. The average molecular weight is 268 g/mol. The maximum atomic E-state index is 5.80. The molecule has 18 heavy (non-hydrogen) atoms. The molecule has 0 spiro atoms. The van der Waals surface area contributed by atoms with Crippen LogP contribution in [0.1, 0.15) is 43.6 Å². The van der Waals surface area contributed by atoms with Crippen LogP contribution in [-0.4, -0.2) is 18.3 Å². The van der Waals surface area contributed by atoms with Crippen molar-refractivity contribution in [1.29, 1.82) is 0 Å². The summed E-state index contributed by atoms with van der Waals surface area (Å²) in [5, 5.41) is 3.60. The van der Waals surface area contributed by atoms with E-state index >= 15 is 0 Å². The summed E-state index contributed by atoms with van der Waals surface area (Å²) in [4.78, 5) is 0. The third-order valence-electron chi connectivity index (χ3n) is 3.39. The standard InChI is InChI=1S/C14H24N2OS/c15-8-9-18-11-14-7-6-13(17-14)10-16-12-4-2-1-3-5-12/h6-7,12,16H,1-5,8-11,15H2. The van der Waals surface area contributed by atoms with Crippen LogP contribution >= 0.6 is 11.8 Å². The molecule has 4 heteroatoms. The van der Waals surface area contributed by atoms with Gasteiger partial charge in [-0.3, -0.25) is 0 Å². The summed E-state index contributed by atoms with van der Waals surface area (Å²) in [6, 6.07) is 4.87. The van der Waals surface area contributed by atoms with Gasteiger partial charge < -0.3 is 15.5 Å². The minimum absolute atomic E-state index is 0.693. The largest absolute Gasteiger partial charge is 0.464 e. The summed E-state index contributed by atoms with van der Waals surface area (Å²) in [5.74, 6) is 4.05. The summed E-state index contributed by atoms with van der Waals surface area (Å²) in [5.41, 5.74) is 5.47. The number of nitrogens with one attached hydrogen (secondary N) is 1. The molecular formula is C14H24N2OS. The SMILES string of the molecule is NCCSCc1ccc(CNC2CCCCC2)o1. The lowest BCUT2D eigenvalue weighted by atomic mass is 9.95. The van der Waals surface area contributed by atoms with Gasteiger partial charge in [0.15, 0.2) is 0 Å². The van der Waals surface area contributed by atoms with Crippen LogP contribution < -0.4 is 11.1 Å². The summed E-state index contributed by atoms with van der Waals surface area (Å²) in [7, 11) is 0. The summed E-state index contributed by atoms with van der Waals surface area (Å²) < 4.78 is 5.80. The molecule has 0 aliphatic heterocycles. The molecule has 1 heterocycles. The highest BCUT2D eigenvalue weighted by molar-refractivity contribution is 7.98. The fourth-order valence-corrected chi connectivity index (χ4v) is 3.07. The first-order valence-corrected chi connectivity index (χ1v) is 8.13. The molecule has 1 saturated carbocycles. The lowest BCUT2D eigenvalue weighted by molar-refractivity contribution is 0.354. The quantitative estimate of drug-likeness (QED) is 0.747. The van der Waals surface area contributed by atoms with Crippen molar-refractivity contribution in [2.45, 2.75) is 50.4 Å². The van der Waals surface area contributed by atoms with E-state index < -0.39 is 0 Å². The lowest BCUT2D eigenvalue weighted by Crippen LogP contribution is -2.30. The predicted octanol–water partition coefficient (Wildman–Crippen LogP) is 2.89. The van der Waals surface area contributed by atoms with Crippen molar-refractivity contribution in [1.82, 2.24) is 5.32 Å². The van der Waals surface area contributed by atoms with E-state index in [2.05, 4.69) is 17.4 Å². The number of nitrogens with two attached hydrogens (primary N) is 1. The Bertz CT molecular complexity index is 334. The van der Waals surface area contributed by atoms with Crippen molar-refractivity contribution in [3.8, 4) is 0 Å². The molecule has 102 valence electrons. The Morgan fingerprint density at radius 2 is 2.00 bits per heavy atom. The number of hydrogen-bond donors (Lipinski definition) is 2. The van der Waals surface area contributed by atoms with E-state index in [0.29, 0.717) is 6.04 Å². The zero-order valence-electron chi connectivity index (χ0n) is 11.0. The highest BCUT2D eigenvalue weighted by atomic mass is 32.2. The molecule has 1 aliphatic carbocycles. The molecule has 0 bridgehead atoms.